The van der Waals surface area contributed by atoms with Crippen LogP contribution < -0.4 is 14.8 Å². The standard InChI is InChI=1S/C24H27FN2O4/c25-19-4-1-16(2-5-19)13-29-14-21-15-30-22-6-3-18(10-23(22)31-21)24(28)26-20-9-17-7-8-27(11-17)12-20/h1-6,10,17,20-21H,7-9,11-15H2,(H,26,28)/t17-,20-,21-/m0/s1. The Bertz CT molecular complexity index is 924. The number of rotatable bonds is 6. The molecular weight excluding hydrogens is 399 g/mol. The lowest BCUT2D eigenvalue weighted by molar-refractivity contribution is 0.00266. The van der Waals surface area contributed by atoms with Crippen molar-refractivity contribution >= 4 is 5.91 Å². The van der Waals surface area contributed by atoms with Gasteiger partial charge in [-0.15, -0.1) is 0 Å². The molecule has 2 saturated heterocycles. The van der Waals surface area contributed by atoms with Crippen LogP contribution in [0, 0.1) is 11.7 Å². The lowest BCUT2D eigenvalue weighted by Gasteiger charge is -2.30. The first-order valence-electron chi connectivity index (χ1n) is 10.9. The van der Waals surface area contributed by atoms with Gasteiger partial charge in [-0.1, -0.05) is 12.1 Å². The fourth-order valence-corrected chi connectivity index (χ4v) is 4.66. The summed E-state index contributed by atoms with van der Waals surface area (Å²) in [6.07, 6.45) is 2.02. The number of carbonyl (C=O) groups is 1. The van der Waals surface area contributed by atoms with Crippen molar-refractivity contribution in [2.75, 3.05) is 32.8 Å². The Hall–Kier alpha value is -2.64. The highest BCUT2D eigenvalue weighted by Gasteiger charge is 2.33. The SMILES string of the molecule is O=C(N[C@H]1C[C@@H]2CCN(C2)C1)c1ccc2c(c1)O[C@@H](COCc1ccc(F)cc1)CO2. The number of amides is 1. The van der Waals surface area contributed by atoms with Crippen LogP contribution in [0.15, 0.2) is 42.5 Å². The first-order chi connectivity index (χ1) is 15.1. The van der Waals surface area contributed by atoms with Gasteiger partial charge < -0.3 is 24.4 Å². The number of nitrogens with zero attached hydrogens (tertiary/aromatic N) is 1. The minimum atomic E-state index is -0.270. The van der Waals surface area contributed by atoms with E-state index in [2.05, 4.69) is 10.2 Å². The summed E-state index contributed by atoms with van der Waals surface area (Å²) in [5.74, 6) is 1.55. The molecule has 4 atom stereocenters. The predicted molar refractivity (Wildman–Crippen MR) is 113 cm³/mol. The predicted octanol–water partition coefficient (Wildman–Crippen LogP) is 3.01. The van der Waals surface area contributed by atoms with Crippen LogP contribution in [0.4, 0.5) is 4.39 Å². The van der Waals surface area contributed by atoms with Crippen LogP contribution in [0.1, 0.15) is 28.8 Å². The second-order valence-electron chi connectivity index (χ2n) is 8.67. The average molecular weight is 426 g/mol. The quantitative estimate of drug-likeness (QED) is 0.770. The van der Waals surface area contributed by atoms with Crippen molar-refractivity contribution in [3.8, 4) is 11.5 Å². The molecule has 1 N–H and O–H groups in total. The monoisotopic (exact) mass is 426 g/mol. The van der Waals surface area contributed by atoms with E-state index < -0.39 is 0 Å². The van der Waals surface area contributed by atoms with E-state index in [-0.39, 0.29) is 23.9 Å². The second-order valence-corrected chi connectivity index (χ2v) is 8.67. The molecule has 0 aromatic heterocycles. The number of benzene rings is 2. The molecular formula is C24H27FN2O4. The number of nitrogens with one attached hydrogen (secondary N) is 1. The molecule has 0 spiro atoms. The zero-order valence-electron chi connectivity index (χ0n) is 17.4. The smallest absolute Gasteiger partial charge is 0.251 e. The van der Waals surface area contributed by atoms with Gasteiger partial charge in [-0.3, -0.25) is 4.79 Å². The van der Waals surface area contributed by atoms with Gasteiger partial charge in [0.2, 0.25) is 0 Å². The van der Waals surface area contributed by atoms with Gasteiger partial charge in [0.25, 0.3) is 5.91 Å². The molecule has 2 aromatic carbocycles. The molecule has 6 nitrogen and oxygen atoms in total. The van der Waals surface area contributed by atoms with Crippen molar-refractivity contribution in [2.45, 2.75) is 31.6 Å². The van der Waals surface area contributed by atoms with Crippen LogP contribution in [-0.4, -0.2) is 55.8 Å². The number of fused-ring (bicyclic) bond motifs is 3. The van der Waals surface area contributed by atoms with Gasteiger partial charge in [-0.2, -0.15) is 0 Å². The zero-order valence-corrected chi connectivity index (χ0v) is 17.4. The number of ether oxygens (including phenoxy) is 3. The summed E-state index contributed by atoms with van der Waals surface area (Å²) >= 11 is 0. The maximum Gasteiger partial charge on any atom is 0.251 e. The first kappa shape index (κ1) is 20.3. The molecule has 164 valence electrons. The van der Waals surface area contributed by atoms with Crippen molar-refractivity contribution in [2.24, 2.45) is 5.92 Å². The minimum absolute atomic E-state index is 0.0754. The second kappa shape index (κ2) is 8.85. The maximum atomic E-state index is 13.0. The summed E-state index contributed by atoms with van der Waals surface area (Å²) in [6.45, 7) is 4.33. The van der Waals surface area contributed by atoms with E-state index in [1.54, 1.807) is 30.3 Å². The van der Waals surface area contributed by atoms with Gasteiger partial charge in [-0.05, 0) is 61.2 Å². The Morgan fingerprint density at radius 1 is 1.16 bits per heavy atom. The summed E-state index contributed by atoms with van der Waals surface area (Å²) in [5, 5.41) is 3.18. The Balaban J connectivity index is 1.15. The van der Waals surface area contributed by atoms with Crippen LogP contribution in [0.3, 0.4) is 0 Å². The normalized spacial score (nSPS) is 26.5. The molecule has 1 unspecified atom stereocenters. The van der Waals surface area contributed by atoms with E-state index in [1.165, 1.54) is 25.1 Å². The van der Waals surface area contributed by atoms with Crippen molar-refractivity contribution in [3.05, 3.63) is 59.4 Å². The number of hydrogen-bond donors (Lipinski definition) is 1. The van der Waals surface area contributed by atoms with E-state index in [0.29, 0.717) is 42.8 Å². The molecule has 0 radical (unpaired) electrons. The molecule has 2 fully saturated rings. The van der Waals surface area contributed by atoms with Crippen LogP contribution in [-0.2, 0) is 11.3 Å². The molecule has 0 saturated carbocycles. The number of halogens is 1. The third-order valence-electron chi connectivity index (χ3n) is 6.21. The van der Waals surface area contributed by atoms with Crippen LogP contribution in [0.2, 0.25) is 0 Å². The Kier molecular flexibility index (Phi) is 5.78. The average Bonchev–Trinajstić information content (AvgIpc) is 3.12. The Labute approximate surface area is 181 Å². The third kappa shape index (κ3) is 4.83. The number of piperidine rings is 1. The molecule has 2 bridgehead atoms. The Morgan fingerprint density at radius 2 is 2.03 bits per heavy atom. The number of hydrogen-bond acceptors (Lipinski definition) is 5. The van der Waals surface area contributed by atoms with E-state index >= 15 is 0 Å². The van der Waals surface area contributed by atoms with Gasteiger partial charge in [-0.25, -0.2) is 4.39 Å². The van der Waals surface area contributed by atoms with Crippen LogP contribution in [0.25, 0.3) is 0 Å². The molecule has 31 heavy (non-hydrogen) atoms. The summed E-state index contributed by atoms with van der Waals surface area (Å²) in [5.41, 5.74) is 1.47. The van der Waals surface area contributed by atoms with Crippen LogP contribution in [0.5, 0.6) is 11.5 Å². The molecule has 3 aliphatic rings. The largest absolute Gasteiger partial charge is 0.486 e. The van der Waals surface area contributed by atoms with E-state index in [1.807, 2.05) is 0 Å². The molecule has 7 heteroatoms. The lowest BCUT2D eigenvalue weighted by Crippen LogP contribution is -2.47. The summed E-state index contributed by atoms with van der Waals surface area (Å²) in [6, 6.07) is 11.7. The van der Waals surface area contributed by atoms with E-state index in [4.69, 9.17) is 14.2 Å². The van der Waals surface area contributed by atoms with Crippen molar-refractivity contribution in [1.29, 1.82) is 0 Å². The highest BCUT2D eigenvalue weighted by molar-refractivity contribution is 5.95. The van der Waals surface area contributed by atoms with Gasteiger partial charge in [0, 0.05) is 24.7 Å². The maximum absolute atomic E-state index is 13.0. The van der Waals surface area contributed by atoms with Crippen LogP contribution >= 0.6 is 0 Å². The summed E-state index contributed by atoms with van der Waals surface area (Å²) in [7, 11) is 0. The molecule has 3 aliphatic heterocycles. The molecule has 0 aliphatic carbocycles. The summed E-state index contributed by atoms with van der Waals surface area (Å²) < 4.78 is 30.5. The Morgan fingerprint density at radius 3 is 2.87 bits per heavy atom. The van der Waals surface area contributed by atoms with Gasteiger partial charge in [0.05, 0.1) is 13.2 Å². The van der Waals surface area contributed by atoms with Gasteiger partial charge in [0.15, 0.2) is 17.6 Å². The fourth-order valence-electron chi connectivity index (χ4n) is 4.66. The topological polar surface area (TPSA) is 60.0 Å². The third-order valence-corrected chi connectivity index (χ3v) is 6.21. The molecule has 1 amide bonds. The van der Waals surface area contributed by atoms with Crippen molar-refractivity contribution in [1.82, 2.24) is 10.2 Å². The van der Waals surface area contributed by atoms with Gasteiger partial charge >= 0.3 is 0 Å². The van der Waals surface area contributed by atoms with Crippen molar-refractivity contribution < 1.29 is 23.4 Å². The minimum Gasteiger partial charge on any atom is -0.486 e. The van der Waals surface area contributed by atoms with Gasteiger partial charge in [0.1, 0.15) is 12.4 Å². The highest BCUT2D eigenvalue weighted by atomic mass is 19.1. The first-order valence-corrected chi connectivity index (χ1v) is 10.9. The molecule has 3 heterocycles. The zero-order chi connectivity index (χ0) is 21.2. The van der Waals surface area contributed by atoms with E-state index in [9.17, 15) is 9.18 Å². The summed E-state index contributed by atoms with van der Waals surface area (Å²) in [4.78, 5) is 15.2. The van der Waals surface area contributed by atoms with Crippen molar-refractivity contribution in [3.63, 3.8) is 0 Å². The lowest BCUT2D eigenvalue weighted by atomic mass is 9.96. The fraction of sp³-hybridized carbons (Fsp3) is 0.458. The number of carbonyl (C=O) groups excluding carboxylic acids is 1. The van der Waals surface area contributed by atoms with E-state index in [0.717, 1.165) is 25.1 Å². The highest BCUT2D eigenvalue weighted by Crippen LogP contribution is 2.33. The molecule has 2 aromatic rings. The molecule has 5 rings (SSSR count).